The van der Waals surface area contributed by atoms with Crippen LogP contribution in [0.5, 0.6) is 0 Å². The fraction of sp³-hybridized carbons (Fsp3) is 0.200. The Kier molecular flexibility index (Phi) is 6.44. The van der Waals surface area contributed by atoms with Gasteiger partial charge < -0.3 is 15.2 Å². The number of halogens is 1. The van der Waals surface area contributed by atoms with Crippen LogP contribution in [-0.4, -0.2) is 35.2 Å². The Morgan fingerprint density at radius 2 is 1.88 bits per heavy atom. The van der Waals surface area contributed by atoms with Crippen molar-refractivity contribution in [3.63, 3.8) is 0 Å². The fourth-order valence-corrected chi connectivity index (χ4v) is 4.51. The predicted octanol–water partition coefficient (Wildman–Crippen LogP) is 6.38. The number of para-hydroxylation sites is 1. The molecule has 0 fully saturated rings. The van der Waals surface area contributed by atoms with E-state index in [1.807, 2.05) is 58.3 Å². The molecule has 0 aliphatic rings. The first-order valence-electron chi connectivity index (χ1n) is 10.3. The molecule has 1 unspecified atom stereocenters. The van der Waals surface area contributed by atoms with Crippen molar-refractivity contribution in [2.24, 2.45) is 0 Å². The molecule has 0 saturated carbocycles. The summed E-state index contributed by atoms with van der Waals surface area (Å²) in [6.07, 6.45) is 0. The van der Waals surface area contributed by atoms with Crippen molar-refractivity contribution in [1.29, 1.82) is 0 Å². The molecule has 1 heterocycles. The smallest absolute Gasteiger partial charge is 0.237 e. The van der Waals surface area contributed by atoms with E-state index in [-0.39, 0.29) is 11.2 Å². The SMILES string of the molecule is Cc1ccc(NC(=O)C(C)Sc2nc3c(-c4ccc(N(C)C)cc4)cccc3[nH]2)c(Cl)c1. The van der Waals surface area contributed by atoms with E-state index >= 15 is 0 Å². The molecule has 0 saturated heterocycles. The molecule has 164 valence electrons. The zero-order valence-corrected chi connectivity index (χ0v) is 20.0. The summed E-state index contributed by atoms with van der Waals surface area (Å²) in [5.41, 5.74) is 6.79. The van der Waals surface area contributed by atoms with Crippen LogP contribution in [0.15, 0.2) is 65.8 Å². The van der Waals surface area contributed by atoms with Crippen molar-refractivity contribution in [1.82, 2.24) is 9.97 Å². The van der Waals surface area contributed by atoms with Crippen molar-refractivity contribution in [2.45, 2.75) is 24.3 Å². The van der Waals surface area contributed by atoms with Gasteiger partial charge in [-0.05, 0) is 55.3 Å². The second kappa shape index (κ2) is 9.27. The van der Waals surface area contributed by atoms with Gasteiger partial charge in [0.1, 0.15) is 0 Å². The number of carbonyl (C=O) groups excluding carboxylic acids is 1. The van der Waals surface area contributed by atoms with Crippen LogP contribution in [0.2, 0.25) is 5.02 Å². The minimum atomic E-state index is -0.351. The molecule has 0 radical (unpaired) electrons. The zero-order valence-electron chi connectivity index (χ0n) is 18.4. The van der Waals surface area contributed by atoms with Gasteiger partial charge in [0.2, 0.25) is 5.91 Å². The van der Waals surface area contributed by atoms with Crippen molar-refractivity contribution in [3.8, 4) is 11.1 Å². The number of amides is 1. The highest BCUT2D eigenvalue weighted by atomic mass is 35.5. The van der Waals surface area contributed by atoms with Crippen molar-refractivity contribution >= 4 is 51.7 Å². The maximum Gasteiger partial charge on any atom is 0.237 e. The summed E-state index contributed by atoms with van der Waals surface area (Å²) in [7, 11) is 4.05. The lowest BCUT2D eigenvalue weighted by Gasteiger charge is -2.12. The number of H-pyrrole nitrogens is 1. The molecule has 5 nitrogen and oxygen atoms in total. The maximum atomic E-state index is 12.7. The minimum Gasteiger partial charge on any atom is -0.378 e. The van der Waals surface area contributed by atoms with Gasteiger partial charge in [0.05, 0.1) is 27.0 Å². The topological polar surface area (TPSA) is 61.0 Å². The normalized spacial score (nSPS) is 12.0. The molecule has 1 atom stereocenters. The highest BCUT2D eigenvalue weighted by molar-refractivity contribution is 8.00. The van der Waals surface area contributed by atoms with E-state index in [4.69, 9.17) is 16.6 Å². The predicted molar refractivity (Wildman–Crippen MR) is 136 cm³/mol. The van der Waals surface area contributed by atoms with E-state index in [9.17, 15) is 4.79 Å². The Balaban J connectivity index is 1.53. The molecule has 0 aliphatic carbocycles. The van der Waals surface area contributed by atoms with Crippen LogP contribution in [0.1, 0.15) is 12.5 Å². The van der Waals surface area contributed by atoms with Gasteiger partial charge in [0.15, 0.2) is 5.16 Å². The number of thioether (sulfide) groups is 1. The third-order valence-electron chi connectivity index (χ3n) is 5.23. The summed E-state index contributed by atoms with van der Waals surface area (Å²) >= 11 is 7.64. The summed E-state index contributed by atoms with van der Waals surface area (Å²) < 4.78 is 0. The first kappa shape index (κ1) is 22.2. The Hall–Kier alpha value is -2.96. The Morgan fingerprint density at radius 1 is 1.12 bits per heavy atom. The van der Waals surface area contributed by atoms with Crippen LogP contribution in [-0.2, 0) is 4.79 Å². The number of hydrogen-bond acceptors (Lipinski definition) is 4. The van der Waals surface area contributed by atoms with Gasteiger partial charge in [-0.3, -0.25) is 4.79 Å². The first-order chi connectivity index (χ1) is 15.3. The van der Waals surface area contributed by atoms with Gasteiger partial charge in [-0.15, -0.1) is 0 Å². The number of aromatic amines is 1. The standard InChI is InChI=1S/C25H25ClN4OS/c1-15-8-13-21(20(26)14-15)27-24(31)16(2)32-25-28-22-7-5-6-19(23(22)29-25)17-9-11-18(12-10-17)30(3)4/h5-14,16H,1-4H3,(H,27,31)(H,28,29). The number of aryl methyl sites for hydroxylation is 1. The van der Waals surface area contributed by atoms with Crippen molar-refractivity contribution in [2.75, 3.05) is 24.3 Å². The van der Waals surface area contributed by atoms with E-state index in [1.165, 1.54) is 11.8 Å². The Bertz CT molecular complexity index is 1270. The van der Waals surface area contributed by atoms with Gasteiger partial charge in [-0.1, -0.05) is 53.7 Å². The van der Waals surface area contributed by atoms with Crippen LogP contribution in [0.3, 0.4) is 0 Å². The number of anilines is 2. The largest absolute Gasteiger partial charge is 0.378 e. The lowest BCUT2D eigenvalue weighted by atomic mass is 10.0. The third kappa shape index (κ3) is 4.76. The Labute approximate surface area is 197 Å². The van der Waals surface area contributed by atoms with Crippen molar-refractivity contribution < 1.29 is 4.79 Å². The molecule has 0 spiro atoms. The summed E-state index contributed by atoms with van der Waals surface area (Å²) in [5.74, 6) is -0.124. The molecule has 4 aromatic rings. The number of nitrogens with one attached hydrogen (secondary N) is 2. The molecule has 1 aromatic heterocycles. The molecule has 7 heteroatoms. The lowest BCUT2D eigenvalue weighted by Crippen LogP contribution is -2.22. The number of carbonyl (C=O) groups is 1. The third-order valence-corrected chi connectivity index (χ3v) is 6.52. The number of nitrogens with zero attached hydrogens (tertiary/aromatic N) is 2. The first-order valence-corrected chi connectivity index (χ1v) is 11.6. The number of imidazole rings is 1. The van der Waals surface area contributed by atoms with Gasteiger partial charge in [0, 0.05) is 25.3 Å². The highest BCUT2D eigenvalue weighted by Gasteiger charge is 2.18. The van der Waals surface area contributed by atoms with Crippen LogP contribution in [0, 0.1) is 6.92 Å². The lowest BCUT2D eigenvalue weighted by molar-refractivity contribution is -0.115. The van der Waals surface area contributed by atoms with Gasteiger partial charge >= 0.3 is 0 Å². The van der Waals surface area contributed by atoms with E-state index in [0.29, 0.717) is 15.9 Å². The van der Waals surface area contributed by atoms with Crippen LogP contribution >= 0.6 is 23.4 Å². The molecule has 0 bridgehead atoms. The minimum absolute atomic E-state index is 0.124. The molecule has 1 amide bonds. The van der Waals surface area contributed by atoms with Gasteiger partial charge in [-0.25, -0.2) is 4.98 Å². The number of fused-ring (bicyclic) bond motifs is 1. The van der Waals surface area contributed by atoms with E-state index in [0.717, 1.165) is 33.4 Å². The van der Waals surface area contributed by atoms with Crippen LogP contribution < -0.4 is 10.2 Å². The second-order valence-corrected chi connectivity index (χ2v) is 9.65. The maximum absolute atomic E-state index is 12.7. The zero-order chi connectivity index (χ0) is 22.8. The molecular formula is C25H25ClN4OS. The molecular weight excluding hydrogens is 440 g/mol. The van der Waals surface area contributed by atoms with E-state index < -0.39 is 0 Å². The summed E-state index contributed by atoms with van der Waals surface area (Å²) in [6, 6.07) is 20.1. The number of benzene rings is 3. The van der Waals surface area contributed by atoms with Gasteiger partial charge in [-0.2, -0.15) is 0 Å². The van der Waals surface area contributed by atoms with Crippen LogP contribution in [0.4, 0.5) is 11.4 Å². The molecule has 32 heavy (non-hydrogen) atoms. The number of aromatic nitrogens is 2. The molecule has 3 aromatic carbocycles. The van der Waals surface area contributed by atoms with E-state index in [2.05, 4.69) is 45.5 Å². The average Bonchev–Trinajstić information content (AvgIpc) is 3.18. The van der Waals surface area contributed by atoms with Gasteiger partial charge in [0.25, 0.3) is 0 Å². The van der Waals surface area contributed by atoms with Crippen LogP contribution in [0.25, 0.3) is 22.2 Å². The molecule has 2 N–H and O–H groups in total. The average molecular weight is 465 g/mol. The molecule has 4 rings (SSSR count). The highest BCUT2D eigenvalue weighted by Crippen LogP contribution is 2.32. The van der Waals surface area contributed by atoms with Crippen molar-refractivity contribution in [3.05, 3.63) is 71.2 Å². The fourth-order valence-electron chi connectivity index (χ4n) is 3.41. The monoisotopic (exact) mass is 464 g/mol. The summed E-state index contributed by atoms with van der Waals surface area (Å²) in [4.78, 5) is 22.9. The number of hydrogen-bond donors (Lipinski definition) is 2. The quantitative estimate of drug-likeness (QED) is 0.325. The summed E-state index contributed by atoms with van der Waals surface area (Å²) in [5, 5.41) is 3.79. The summed E-state index contributed by atoms with van der Waals surface area (Å²) in [6.45, 7) is 3.82. The second-order valence-electron chi connectivity index (χ2n) is 7.92. The molecule has 0 aliphatic heterocycles. The Morgan fingerprint density at radius 3 is 2.56 bits per heavy atom. The van der Waals surface area contributed by atoms with E-state index in [1.54, 1.807) is 0 Å². The number of rotatable bonds is 6.